The summed E-state index contributed by atoms with van der Waals surface area (Å²) in [6.45, 7) is 9.65. The van der Waals surface area contributed by atoms with Crippen molar-refractivity contribution in [2.24, 2.45) is 0 Å². The van der Waals surface area contributed by atoms with Crippen molar-refractivity contribution in [2.75, 3.05) is 46.4 Å². The first-order chi connectivity index (χ1) is 11.4. The summed E-state index contributed by atoms with van der Waals surface area (Å²) in [5, 5.41) is 8.86. The maximum atomic E-state index is 10.8. The molecule has 1 saturated heterocycles. The van der Waals surface area contributed by atoms with Gasteiger partial charge in [0.1, 0.15) is 12.4 Å². The summed E-state index contributed by atoms with van der Waals surface area (Å²) in [5.41, 5.74) is 0.272. The van der Waals surface area contributed by atoms with Crippen molar-refractivity contribution in [3.05, 3.63) is 29.8 Å². The van der Waals surface area contributed by atoms with Gasteiger partial charge in [0.2, 0.25) is 0 Å². The first kappa shape index (κ1) is 18.7. The fourth-order valence-corrected chi connectivity index (χ4v) is 2.90. The van der Waals surface area contributed by atoms with Crippen molar-refractivity contribution in [3.63, 3.8) is 0 Å². The number of rotatable bonds is 8. The van der Waals surface area contributed by atoms with Gasteiger partial charge in [-0.2, -0.15) is 0 Å². The van der Waals surface area contributed by atoms with Gasteiger partial charge >= 0.3 is 5.97 Å². The number of carbonyl (C=O) groups is 1. The van der Waals surface area contributed by atoms with Gasteiger partial charge in [0, 0.05) is 32.7 Å². The van der Waals surface area contributed by atoms with Gasteiger partial charge in [0.25, 0.3) is 0 Å². The lowest BCUT2D eigenvalue weighted by Crippen LogP contribution is -2.47. The molecule has 134 valence electrons. The van der Waals surface area contributed by atoms with E-state index < -0.39 is 5.97 Å². The lowest BCUT2D eigenvalue weighted by atomic mass is 10.2. The number of nitrogens with zero attached hydrogens (tertiary/aromatic N) is 2. The maximum absolute atomic E-state index is 10.8. The van der Waals surface area contributed by atoms with Crippen LogP contribution >= 0.6 is 0 Å². The molecule has 0 spiro atoms. The minimum Gasteiger partial charge on any atom is -0.492 e. The third-order valence-corrected chi connectivity index (χ3v) is 4.14. The van der Waals surface area contributed by atoms with Crippen LogP contribution in [0.15, 0.2) is 24.3 Å². The highest BCUT2D eigenvalue weighted by molar-refractivity contribution is 5.87. The molecule has 1 aliphatic rings. The lowest BCUT2D eigenvalue weighted by molar-refractivity contribution is -0.0691. The number of hydrogen-bond acceptors (Lipinski definition) is 5. The van der Waals surface area contributed by atoms with Gasteiger partial charge in [-0.1, -0.05) is 0 Å². The van der Waals surface area contributed by atoms with Crippen LogP contribution in [-0.2, 0) is 4.74 Å². The SMILES string of the molecule is C[C@@H]1CN(CCN(C)CCOc2ccc(C(=O)O)cc2)C[C@H](C)O1. The molecule has 0 unspecified atom stereocenters. The first-order valence-electron chi connectivity index (χ1n) is 8.46. The predicted molar refractivity (Wildman–Crippen MR) is 92.8 cm³/mol. The van der Waals surface area contributed by atoms with Crippen LogP contribution < -0.4 is 4.74 Å². The van der Waals surface area contributed by atoms with Crippen LogP contribution in [0.2, 0.25) is 0 Å². The summed E-state index contributed by atoms with van der Waals surface area (Å²) in [6.07, 6.45) is 0.604. The van der Waals surface area contributed by atoms with E-state index in [1.807, 2.05) is 0 Å². The fourth-order valence-electron chi connectivity index (χ4n) is 2.90. The average Bonchev–Trinajstić information content (AvgIpc) is 2.52. The zero-order chi connectivity index (χ0) is 17.5. The number of hydrogen-bond donors (Lipinski definition) is 1. The second kappa shape index (κ2) is 9.01. The van der Waals surface area contributed by atoms with Crippen molar-refractivity contribution >= 4 is 5.97 Å². The largest absolute Gasteiger partial charge is 0.492 e. The molecular formula is C18H28N2O4. The molecule has 0 aromatic heterocycles. The molecule has 0 radical (unpaired) electrons. The van der Waals surface area contributed by atoms with Crippen LogP contribution in [0.3, 0.4) is 0 Å². The fraction of sp³-hybridized carbons (Fsp3) is 0.611. The van der Waals surface area contributed by atoms with Crippen molar-refractivity contribution in [1.82, 2.24) is 9.80 Å². The molecule has 0 bridgehead atoms. The van der Waals surface area contributed by atoms with Crippen molar-refractivity contribution < 1.29 is 19.4 Å². The van der Waals surface area contributed by atoms with Crippen LogP contribution in [0.5, 0.6) is 5.75 Å². The summed E-state index contributed by atoms with van der Waals surface area (Å²) in [4.78, 5) is 15.5. The number of likely N-dealkylation sites (N-methyl/N-ethyl adjacent to an activating group) is 1. The summed E-state index contributed by atoms with van der Waals surface area (Å²) < 4.78 is 11.4. The molecule has 1 heterocycles. The molecule has 0 aliphatic carbocycles. The van der Waals surface area contributed by atoms with E-state index in [4.69, 9.17) is 14.6 Å². The minimum atomic E-state index is -0.923. The molecule has 1 aliphatic heterocycles. The molecule has 1 aromatic rings. The van der Waals surface area contributed by atoms with E-state index in [-0.39, 0.29) is 5.56 Å². The van der Waals surface area contributed by atoms with E-state index in [1.165, 1.54) is 0 Å². The summed E-state index contributed by atoms with van der Waals surface area (Å²) in [7, 11) is 2.09. The molecule has 6 nitrogen and oxygen atoms in total. The van der Waals surface area contributed by atoms with Crippen LogP contribution in [0, 0.1) is 0 Å². The van der Waals surface area contributed by atoms with Gasteiger partial charge in [-0.3, -0.25) is 4.90 Å². The zero-order valence-corrected chi connectivity index (χ0v) is 14.8. The molecule has 2 atom stereocenters. The molecular weight excluding hydrogens is 308 g/mol. The van der Waals surface area contributed by atoms with Gasteiger partial charge in [-0.05, 0) is 45.2 Å². The Bertz CT molecular complexity index is 510. The first-order valence-corrected chi connectivity index (χ1v) is 8.46. The average molecular weight is 336 g/mol. The van der Waals surface area contributed by atoms with Crippen LogP contribution in [0.1, 0.15) is 24.2 Å². The Labute approximate surface area is 144 Å². The summed E-state index contributed by atoms with van der Waals surface area (Å²) >= 11 is 0. The normalized spacial score (nSPS) is 21.8. The third-order valence-electron chi connectivity index (χ3n) is 4.14. The number of aromatic carboxylic acids is 1. The van der Waals surface area contributed by atoms with E-state index in [0.717, 1.165) is 32.7 Å². The molecule has 0 amide bonds. The standard InChI is InChI=1S/C18H28N2O4/c1-14-12-20(13-15(2)24-14)9-8-19(3)10-11-23-17-6-4-16(5-7-17)18(21)22/h4-7,14-15H,8-13H2,1-3H3,(H,21,22)/t14-,15+. The molecule has 0 saturated carbocycles. The molecule has 6 heteroatoms. The highest BCUT2D eigenvalue weighted by Crippen LogP contribution is 2.12. The summed E-state index contributed by atoms with van der Waals surface area (Å²) in [5.74, 6) is -0.225. The Morgan fingerprint density at radius 2 is 1.88 bits per heavy atom. The number of morpholine rings is 1. The Balaban J connectivity index is 1.64. The topological polar surface area (TPSA) is 62.2 Å². The highest BCUT2D eigenvalue weighted by Gasteiger charge is 2.21. The number of ether oxygens (including phenoxy) is 2. The molecule has 1 aromatic carbocycles. The second-order valence-corrected chi connectivity index (χ2v) is 6.50. The van der Waals surface area contributed by atoms with Gasteiger partial charge in [-0.25, -0.2) is 4.79 Å². The van der Waals surface area contributed by atoms with E-state index in [2.05, 4.69) is 30.7 Å². The lowest BCUT2D eigenvalue weighted by Gasteiger charge is -2.36. The van der Waals surface area contributed by atoms with Crippen LogP contribution in [0.4, 0.5) is 0 Å². The Morgan fingerprint density at radius 3 is 2.46 bits per heavy atom. The van der Waals surface area contributed by atoms with Gasteiger partial charge in [-0.15, -0.1) is 0 Å². The monoisotopic (exact) mass is 336 g/mol. The van der Waals surface area contributed by atoms with E-state index in [1.54, 1.807) is 24.3 Å². The van der Waals surface area contributed by atoms with Crippen molar-refractivity contribution in [1.29, 1.82) is 0 Å². The van der Waals surface area contributed by atoms with Gasteiger partial charge in [0.05, 0.1) is 17.8 Å². The Hall–Kier alpha value is -1.63. The molecule has 24 heavy (non-hydrogen) atoms. The Morgan fingerprint density at radius 1 is 1.25 bits per heavy atom. The molecule has 1 fully saturated rings. The molecule has 2 rings (SSSR count). The van der Waals surface area contributed by atoms with E-state index in [9.17, 15) is 4.79 Å². The number of carboxylic acids is 1. The summed E-state index contributed by atoms with van der Waals surface area (Å²) in [6, 6.07) is 6.50. The smallest absolute Gasteiger partial charge is 0.335 e. The van der Waals surface area contributed by atoms with E-state index in [0.29, 0.717) is 24.6 Å². The highest BCUT2D eigenvalue weighted by atomic mass is 16.5. The third kappa shape index (κ3) is 6.11. The predicted octanol–water partition coefficient (Wildman–Crippen LogP) is 1.80. The second-order valence-electron chi connectivity index (χ2n) is 6.50. The number of benzene rings is 1. The van der Waals surface area contributed by atoms with Crippen molar-refractivity contribution in [2.45, 2.75) is 26.1 Å². The number of carboxylic acid groups (broad SMARTS) is 1. The van der Waals surface area contributed by atoms with Gasteiger partial charge in [0.15, 0.2) is 0 Å². The Kier molecular flexibility index (Phi) is 7.02. The van der Waals surface area contributed by atoms with Crippen LogP contribution in [0.25, 0.3) is 0 Å². The quantitative estimate of drug-likeness (QED) is 0.781. The maximum Gasteiger partial charge on any atom is 0.335 e. The van der Waals surface area contributed by atoms with Crippen molar-refractivity contribution in [3.8, 4) is 5.75 Å². The van der Waals surface area contributed by atoms with E-state index >= 15 is 0 Å². The molecule has 1 N–H and O–H groups in total. The zero-order valence-electron chi connectivity index (χ0n) is 14.8. The minimum absolute atomic E-state index is 0.272. The van der Waals surface area contributed by atoms with Crippen LogP contribution in [-0.4, -0.2) is 79.5 Å². The van der Waals surface area contributed by atoms with Gasteiger partial charge < -0.3 is 19.5 Å².